The average molecular weight is 273 g/mol. The van der Waals surface area contributed by atoms with Gasteiger partial charge in [0.2, 0.25) is 5.88 Å². The number of anilines is 1. The van der Waals surface area contributed by atoms with Gasteiger partial charge in [-0.1, -0.05) is 6.58 Å². The van der Waals surface area contributed by atoms with Gasteiger partial charge in [0, 0.05) is 18.3 Å². The molecule has 0 amide bonds. The molecule has 0 bridgehead atoms. The molecule has 0 N–H and O–H groups in total. The molecule has 0 radical (unpaired) electrons. The number of ether oxygens (including phenoxy) is 1. The third kappa shape index (κ3) is 1.52. The highest BCUT2D eigenvalue weighted by Gasteiger charge is 2.42. The van der Waals surface area contributed by atoms with E-state index in [0.717, 1.165) is 11.1 Å². The van der Waals surface area contributed by atoms with Crippen LogP contribution in [0.2, 0.25) is 0 Å². The predicted octanol–water partition coefficient (Wildman–Crippen LogP) is 3.10. The van der Waals surface area contributed by atoms with E-state index in [2.05, 4.69) is 16.5 Å². The molecule has 0 aliphatic carbocycles. The Hall–Kier alpha value is -2.17. The number of fused-ring (bicyclic) bond motifs is 2. The quantitative estimate of drug-likeness (QED) is 0.800. The molecule has 2 aromatic rings. The van der Waals surface area contributed by atoms with E-state index in [1.54, 1.807) is 32.0 Å². The van der Waals surface area contributed by atoms with Crippen LogP contribution in [0.3, 0.4) is 0 Å². The van der Waals surface area contributed by atoms with Crippen LogP contribution in [0.25, 0.3) is 10.9 Å². The van der Waals surface area contributed by atoms with E-state index in [0.29, 0.717) is 28.5 Å². The van der Waals surface area contributed by atoms with Crippen LogP contribution >= 0.6 is 0 Å². The number of methoxy groups -OCH3 is 1. The van der Waals surface area contributed by atoms with Gasteiger partial charge in [-0.25, -0.2) is 9.37 Å². The van der Waals surface area contributed by atoms with Crippen molar-refractivity contribution in [2.75, 3.05) is 19.1 Å². The minimum atomic E-state index is -1.58. The fourth-order valence-electron chi connectivity index (χ4n) is 2.67. The van der Waals surface area contributed by atoms with E-state index < -0.39 is 5.67 Å². The predicted molar refractivity (Wildman–Crippen MR) is 76.8 cm³/mol. The second kappa shape index (κ2) is 3.91. The number of aryl methyl sites for hydroxylation is 1. The SMILES string of the molecule is C=C1N(C)c2cc3c(OC)nc(C)nc3cc2C1(C)F. The van der Waals surface area contributed by atoms with Gasteiger partial charge in [-0.05, 0) is 26.0 Å². The zero-order chi connectivity index (χ0) is 14.7. The third-order valence-electron chi connectivity index (χ3n) is 3.90. The maximum atomic E-state index is 14.8. The molecular formula is C15H16FN3O. The molecule has 1 unspecified atom stereocenters. The van der Waals surface area contributed by atoms with Gasteiger partial charge in [-0.15, -0.1) is 0 Å². The smallest absolute Gasteiger partial charge is 0.224 e. The van der Waals surface area contributed by atoms with E-state index in [1.165, 1.54) is 6.92 Å². The second-order valence-electron chi connectivity index (χ2n) is 5.18. The lowest BCUT2D eigenvalue weighted by atomic mass is 9.97. The summed E-state index contributed by atoms with van der Waals surface area (Å²) in [5.74, 6) is 1.10. The van der Waals surface area contributed by atoms with Crippen LogP contribution in [0.15, 0.2) is 24.4 Å². The normalized spacial score (nSPS) is 21.4. The largest absolute Gasteiger partial charge is 0.480 e. The van der Waals surface area contributed by atoms with Gasteiger partial charge in [0.25, 0.3) is 0 Å². The van der Waals surface area contributed by atoms with Crippen molar-refractivity contribution in [3.8, 4) is 5.88 Å². The molecule has 1 atom stereocenters. The molecule has 104 valence electrons. The second-order valence-corrected chi connectivity index (χ2v) is 5.18. The fourth-order valence-corrected chi connectivity index (χ4v) is 2.67. The number of allylic oxidation sites excluding steroid dienone is 1. The van der Waals surface area contributed by atoms with Crippen LogP contribution in [0.4, 0.5) is 10.1 Å². The monoisotopic (exact) mass is 273 g/mol. The van der Waals surface area contributed by atoms with E-state index >= 15 is 0 Å². The summed E-state index contributed by atoms with van der Waals surface area (Å²) in [6.45, 7) is 7.15. The van der Waals surface area contributed by atoms with Crippen molar-refractivity contribution < 1.29 is 9.13 Å². The molecule has 5 heteroatoms. The molecule has 0 spiro atoms. The molecule has 0 saturated carbocycles. The van der Waals surface area contributed by atoms with Gasteiger partial charge < -0.3 is 9.64 Å². The van der Waals surface area contributed by atoms with E-state index in [4.69, 9.17) is 4.74 Å². The van der Waals surface area contributed by atoms with Crippen molar-refractivity contribution in [2.45, 2.75) is 19.5 Å². The van der Waals surface area contributed by atoms with Crippen LogP contribution in [0.5, 0.6) is 5.88 Å². The van der Waals surface area contributed by atoms with Crippen molar-refractivity contribution in [1.82, 2.24) is 9.97 Å². The fraction of sp³-hybridized carbons (Fsp3) is 0.333. The van der Waals surface area contributed by atoms with Gasteiger partial charge >= 0.3 is 0 Å². The Balaban J connectivity index is 2.38. The Morgan fingerprint density at radius 2 is 2.05 bits per heavy atom. The number of benzene rings is 1. The van der Waals surface area contributed by atoms with Crippen LogP contribution in [-0.2, 0) is 5.67 Å². The molecule has 1 aromatic carbocycles. The van der Waals surface area contributed by atoms with Crippen LogP contribution in [0, 0.1) is 6.92 Å². The standard InChI is InChI=1S/C15H16FN3O/c1-8-15(3,16)11-7-12-10(6-13(11)19(8)4)14(20-5)18-9(2)17-12/h6-7H,1H2,2-5H3. The topological polar surface area (TPSA) is 38.2 Å². The molecule has 3 rings (SSSR count). The summed E-state index contributed by atoms with van der Waals surface area (Å²) in [6.07, 6.45) is 0. The maximum absolute atomic E-state index is 14.8. The summed E-state index contributed by atoms with van der Waals surface area (Å²) in [7, 11) is 3.37. The summed E-state index contributed by atoms with van der Waals surface area (Å²) in [4.78, 5) is 10.4. The molecule has 1 aliphatic rings. The maximum Gasteiger partial charge on any atom is 0.224 e. The van der Waals surface area contributed by atoms with Gasteiger partial charge in [0.1, 0.15) is 5.82 Å². The summed E-state index contributed by atoms with van der Waals surface area (Å²) in [5, 5.41) is 0.772. The number of aromatic nitrogens is 2. The van der Waals surface area contributed by atoms with Gasteiger partial charge in [0.15, 0.2) is 5.67 Å². The minimum Gasteiger partial charge on any atom is -0.480 e. The highest BCUT2D eigenvalue weighted by atomic mass is 19.1. The third-order valence-corrected chi connectivity index (χ3v) is 3.90. The first kappa shape index (κ1) is 12.8. The highest BCUT2D eigenvalue weighted by molar-refractivity contribution is 5.91. The lowest BCUT2D eigenvalue weighted by Gasteiger charge is -2.18. The van der Waals surface area contributed by atoms with Crippen LogP contribution < -0.4 is 9.64 Å². The number of likely N-dealkylation sites (N-methyl/N-ethyl adjacent to an activating group) is 1. The molecular weight excluding hydrogens is 257 g/mol. The first-order valence-electron chi connectivity index (χ1n) is 6.35. The van der Waals surface area contributed by atoms with Gasteiger partial charge in [0.05, 0.1) is 23.7 Å². The van der Waals surface area contributed by atoms with Crippen LogP contribution in [-0.4, -0.2) is 24.1 Å². The Morgan fingerprint density at radius 1 is 1.35 bits per heavy atom. The average Bonchev–Trinajstić information content (AvgIpc) is 2.57. The Morgan fingerprint density at radius 3 is 2.70 bits per heavy atom. The molecule has 2 heterocycles. The molecule has 1 aromatic heterocycles. The number of halogens is 1. The minimum absolute atomic E-state index is 0.423. The lowest BCUT2D eigenvalue weighted by Crippen LogP contribution is -2.20. The van der Waals surface area contributed by atoms with Crippen LogP contribution in [0.1, 0.15) is 18.3 Å². The van der Waals surface area contributed by atoms with Gasteiger partial charge in [-0.2, -0.15) is 4.98 Å². The highest BCUT2D eigenvalue weighted by Crippen LogP contribution is 2.49. The number of rotatable bonds is 1. The van der Waals surface area contributed by atoms with Crippen molar-refractivity contribution in [2.24, 2.45) is 0 Å². The van der Waals surface area contributed by atoms with Crippen molar-refractivity contribution in [3.63, 3.8) is 0 Å². The Labute approximate surface area is 116 Å². The van der Waals surface area contributed by atoms with E-state index in [1.807, 2.05) is 6.07 Å². The molecule has 0 saturated heterocycles. The van der Waals surface area contributed by atoms with E-state index in [9.17, 15) is 4.39 Å². The van der Waals surface area contributed by atoms with Crippen molar-refractivity contribution in [3.05, 3.63) is 35.8 Å². The summed E-state index contributed by atoms with van der Waals surface area (Å²) >= 11 is 0. The zero-order valence-corrected chi connectivity index (χ0v) is 12.0. The van der Waals surface area contributed by atoms with Gasteiger partial charge in [-0.3, -0.25) is 0 Å². The summed E-state index contributed by atoms with van der Waals surface area (Å²) < 4.78 is 20.1. The molecule has 4 nitrogen and oxygen atoms in total. The zero-order valence-electron chi connectivity index (χ0n) is 12.0. The summed E-state index contributed by atoms with van der Waals surface area (Å²) in [5.41, 5.74) is 0.882. The Kier molecular flexibility index (Phi) is 2.51. The van der Waals surface area contributed by atoms with Crippen molar-refractivity contribution in [1.29, 1.82) is 0 Å². The number of hydrogen-bond acceptors (Lipinski definition) is 4. The first-order chi connectivity index (χ1) is 9.36. The van der Waals surface area contributed by atoms with E-state index in [-0.39, 0.29) is 0 Å². The first-order valence-corrected chi connectivity index (χ1v) is 6.35. The molecule has 20 heavy (non-hydrogen) atoms. The molecule has 0 fully saturated rings. The lowest BCUT2D eigenvalue weighted by molar-refractivity contribution is 0.253. The molecule has 1 aliphatic heterocycles. The van der Waals surface area contributed by atoms with Crippen molar-refractivity contribution >= 4 is 16.6 Å². The number of nitrogens with zero attached hydrogens (tertiary/aromatic N) is 3. The summed E-state index contributed by atoms with van der Waals surface area (Å²) in [6, 6.07) is 3.62. The number of hydrogen-bond donors (Lipinski definition) is 0. The number of alkyl halides is 1. The Bertz CT molecular complexity index is 739.